The number of aromatic amines is 1. The Kier molecular flexibility index (Phi) is 2.59. The molecule has 0 amide bonds. The number of pyridine rings is 1. The Labute approximate surface area is 76.5 Å². The van der Waals surface area contributed by atoms with Gasteiger partial charge in [0, 0.05) is 11.6 Å². The first-order valence-corrected chi connectivity index (χ1v) is 3.60. The van der Waals surface area contributed by atoms with Crippen LogP contribution in [0, 0.1) is 17.0 Å². The van der Waals surface area contributed by atoms with Crippen LogP contribution in [0.1, 0.15) is 17.7 Å². The molecule has 7 heteroatoms. The lowest BCUT2D eigenvalue weighted by Crippen LogP contribution is -2.12. The quantitative estimate of drug-likeness (QED) is 0.586. The molecule has 0 saturated carbocycles. The molecule has 1 N–H and O–H groups in total. The first kappa shape index (κ1) is 10.3. The molecular weight excluding hydrogens is 198 g/mol. The normalized spacial score (nSPS) is 10.6. The molecule has 5 nitrogen and oxygen atoms in total. The standard InChI is InChI=1S/C7H6F2N2O3/c1-3-2-4(12)10-5(7(8)9)6(3)11(13)14/h2,7H,1H3,(H,10,12). The van der Waals surface area contributed by atoms with Gasteiger partial charge in [-0.25, -0.2) is 8.78 Å². The monoisotopic (exact) mass is 204 g/mol. The highest BCUT2D eigenvalue weighted by molar-refractivity contribution is 5.43. The number of aromatic nitrogens is 1. The van der Waals surface area contributed by atoms with Gasteiger partial charge in [0.1, 0.15) is 0 Å². The van der Waals surface area contributed by atoms with Gasteiger partial charge < -0.3 is 4.98 Å². The summed E-state index contributed by atoms with van der Waals surface area (Å²) in [6.45, 7) is 1.24. The van der Waals surface area contributed by atoms with Gasteiger partial charge in [0.05, 0.1) is 4.92 Å². The molecule has 1 rings (SSSR count). The van der Waals surface area contributed by atoms with Gasteiger partial charge in [-0.1, -0.05) is 0 Å². The molecule has 0 fully saturated rings. The van der Waals surface area contributed by atoms with Crippen molar-refractivity contribution >= 4 is 5.69 Å². The summed E-state index contributed by atoms with van der Waals surface area (Å²) in [6.07, 6.45) is -3.07. The van der Waals surface area contributed by atoms with E-state index >= 15 is 0 Å². The zero-order valence-corrected chi connectivity index (χ0v) is 7.08. The van der Waals surface area contributed by atoms with E-state index in [4.69, 9.17) is 0 Å². The third-order valence-electron chi connectivity index (χ3n) is 1.63. The fourth-order valence-electron chi connectivity index (χ4n) is 1.11. The van der Waals surface area contributed by atoms with Crippen molar-refractivity contribution in [3.63, 3.8) is 0 Å². The first-order valence-electron chi connectivity index (χ1n) is 3.60. The highest BCUT2D eigenvalue weighted by atomic mass is 19.3. The summed E-state index contributed by atoms with van der Waals surface area (Å²) in [6, 6.07) is 0.907. The van der Waals surface area contributed by atoms with E-state index in [1.165, 1.54) is 6.92 Å². The van der Waals surface area contributed by atoms with Crippen LogP contribution in [0.3, 0.4) is 0 Å². The van der Waals surface area contributed by atoms with Gasteiger partial charge >= 0.3 is 0 Å². The molecule has 0 aliphatic carbocycles. The highest BCUT2D eigenvalue weighted by Crippen LogP contribution is 2.27. The Morgan fingerprint density at radius 3 is 2.57 bits per heavy atom. The lowest BCUT2D eigenvalue weighted by molar-refractivity contribution is -0.387. The minimum Gasteiger partial charge on any atom is -0.315 e. The lowest BCUT2D eigenvalue weighted by atomic mass is 10.2. The van der Waals surface area contributed by atoms with E-state index in [0.717, 1.165) is 6.07 Å². The Hall–Kier alpha value is -1.79. The molecule has 0 spiro atoms. The fourth-order valence-corrected chi connectivity index (χ4v) is 1.11. The Bertz CT molecular complexity index is 427. The van der Waals surface area contributed by atoms with Gasteiger partial charge in [-0.3, -0.25) is 14.9 Å². The van der Waals surface area contributed by atoms with Crippen LogP contribution in [0.2, 0.25) is 0 Å². The van der Waals surface area contributed by atoms with Gasteiger partial charge in [0.2, 0.25) is 5.56 Å². The zero-order chi connectivity index (χ0) is 10.9. The molecule has 0 aliphatic rings. The molecule has 0 radical (unpaired) electrons. The average molecular weight is 204 g/mol. The number of nitrogens with one attached hydrogen (secondary N) is 1. The van der Waals surface area contributed by atoms with E-state index in [1.807, 2.05) is 0 Å². The number of halogens is 2. The number of hydrogen-bond acceptors (Lipinski definition) is 3. The minimum absolute atomic E-state index is 0.0750. The minimum atomic E-state index is -3.07. The SMILES string of the molecule is Cc1cc(=O)[nH]c(C(F)F)c1[N+](=O)[O-]. The van der Waals surface area contributed by atoms with Crippen LogP contribution in [-0.4, -0.2) is 9.91 Å². The lowest BCUT2D eigenvalue weighted by Gasteiger charge is -2.02. The molecule has 0 aromatic carbocycles. The number of alkyl halides is 2. The number of nitrogens with zero attached hydrogens (tertiary/aromatic N) is 1. The predicted octanol–water partition coefficient (Wildman–Crippen LogP) is 1.53. The second-order valence-corrected chi connectivity index (χ2v) is 2.64. The van der Waals surface area contributed by atoms with Crippen molar-refractivity contribution in [1.29, 1.82) is 0 Å². The molecule has 1 heterocycles. The fraction of sp³-hybridized carbons (Fsp3) is 0.286. The molecule has 0 unspecified atom stereocenters. The van der Waals surface area contributed by atoms with E-state index in [2.05, 4.69) is 0 Å². The maximum atomic E-state index is 12.3. The number of hydrogen-bond donors (Lipinski definition) is 1. The molecular formula is C7H6F2N2O3. The van der Waals surface area contributed by atoms with Crippen molar-refractivity contribution in [2.24, 2.45) is 0 Å². The summed E-state index contributed by atoms with van der Waals surface area (Å²) >= 11 is 0. The molecule has 0 aliphatic heterocycles. The molecule has 1 aromatic heterocycles. The Balaban J connectivity index is 3.52. The van der Waals surface area contributed by atoms with Crippen LogP contribution in [0.4, 0.5) is 14.5 Å². The highest BCUT2D eigenvalue weighted by Gasteiger charge is 2.25. The largest absolute Gasteiger partial charge is 0.315 e. The summed E-state index contributed by atoms with van der Waals surface area (Å²) in [4.78, 5) is 22.0. The molecule has 0 bridgehead atoms. The summed E-state index contributed by atoms with van der Waals surface area (Å²) in [5, 5.41) is 10.4. The van der Waals surface area contributed by atoms with Gasteiger partial charge in [-0.2, -0.15) is 0 Å². The van der Waals surface area contributed by atoms with E-state index < -0.39 is 28.3 Å². The number of rotatable bonds is 2. The summed E-state index contributed by atoms with van der Waals surface area (Å²) in [5.74, 6) is 0. The van der Waals surface area contributed by atoms with Crippen LogP contribution >= 0.6 is 0 Å². The van der Waals surface area contributed by atoms with Crippen LogP contribution in [0.25, 0.3) is 0 Å². The van der Waals surface area contributed by atoms with E-state index in [1.54, 1.807) is 4.98 Å². The number of nitro groups is 1. The molecule has 0 saturated heterocycles. The second kappa shape index (κ2) is 3.52. The van der Waals surface area contributed by atoms with Gasteiger partial charge in [-0.05, 0) is 6.92 Å². The van der Waals surface area contributed by atoms with Crippen LogP contribution < -0.4 is 5.56 Å². The molecule has 1 aromatic rings. The average Bonchev–Trinajstić information content (AvgIpc) is 2.01. The maximum absolute atomic E-state index is 12.3. The molecule has 76 valence electrons. The summed E-state index contributed by atoms with van der Waals surface area (Å²) in [7, 11) is 0. The van der Waals surface area contributed by atoms with Gasteiger partial charge in [0.15, 0.2) is 5.69 Å². The van der Waals surface area contributed by atoms with Crippen LogP contribution in [0.5, 0.6) is 0 Å². The van der Waals surface area contributed by atoms with Gasteiger partial charge in [0.25, 0.3) is 12.1 Å². The van der Waals surface area contributed by atoms with Crippen LogP contribution in [0.15, 0.2) is 10.9 Å². The topological polar surface area (TPSA) is 76.0 Å². The van der Waals surface area contributed by atoms with Crippen molar-refractivity contribution in [3.05, 3.63) is 37.8 Å². The van der Waals surface area contributed by atoms with E-state index in [9.17, 15) is 23.7 Å². The van der Waals surface area contributed by atoms with E-state index in [-0.39, 0.29) is 5.56 Å². The van der Waals surface area contributed by atoms with Crippen molar-refractivity contribution in [2.75, 3.05) is 0 Å². The third-order valence-corrected chi connectivity index (χ3v) is 1.63. The zero-order valence-electron chi connectivity index (χ0n) is 7.08. The first-order chi connectivity index (χ1) is 6.43. The van der Waals surface area contributed by atoms with Gasteiger partial charge in [-0.15, -0.1) is 0 Å². The molecule has 14 heavy (non-hydrogen) atoms. The molecule has 0 atom stereocenters. The summed E-state index contributed by atoms with van der Waals surface area (Å²) in [5.41, 5.74) is -2.53. The van der Waals surface area contributed by atoms with Crippen molar-refractivity contribution < 1.29 is 13.7 Å². The smallest absolute Gasteiger partial charge is 0.297 e. The number of H-pyrrole nitrogens is 1. The second-order valence-electron chi connectivity index (χ2n) is 2.64. The predicted molar refractivity (Wildman–Crippen MR) is 43.4 cm³/mol. The van der Waals surface area contributed by atoms with Crippen LogP contribution in [-0.2, 0) is 0 Å². The number of aryl methyl sites for hydroxylation is 1. The van der Waals surface area contributed by atoms with Crippen molar-refractivity contribution in [1.82, 2.24) is 4.98 Å². The van der Waals surface area contributed by atoms with Crippen molar-refractivity contribution in [2.45, 2.75) is 13.3 Å². The summed E-state index contributed by atoms with van der Waals surface area (Å²) < 4.78 is 24.5. The van der Waals surface area contributed by atoms with E-state index in [0.29, 0.717) is 0 Å². The maximum Gasteiger partial charge on any atom is 0.297 e. The Morgan fingerprint density at radius 2 is 2.14 bits per heavy atom. The van der Waals surface area contributed by atoms with Crippen molar-refractivity contribution in [3.8, 4) is 0 Å². The third kappa shape index (κ3) is 1.76. The Morgan fingerprint density at radius 1 is 1.57 bits per heavy atom.